The topological polar surface area (TPSA) is 58.2 Å². The number of amides is 2. The van der Waals surface area contributed by atoms with Crippen LogP contribution in [-0.2, 0) is 9.59 Å². The van der Waals surface area contributed by atoms with Gasteiger partial charge in [-0.25, -0.2) is 0 Å². The Balaban J connectivity index is 1.95. The van der Waals surface area contributed by atoms with Gasteiger partial charge in [0.1, 0.15) is 0 Å². The Kier molecular flexibility index (Phi) is 11.3. The van der Waals surface area contributed by atoms with Crippen molar-refractivity contribution in [2.24, 2.45) is 0 Å². The van der Waals surface area contributed by atoms with Crippen molar-refractivity contribution in [1.29, 1.82) is 0 Å². The van der Waals surface area contributed by atoms with E-state index >= 15 is 0 Å². The van der Waals surface area contributed by atoms with Crippen molar-refractivity contribution in [2.45, 2.75) is 84.0 Å². The van der Waals surface area contributed by atoms with Gasteiger partial charge in [0, 0.05) is 25.9 Å². The van der Waals surface area contributed by atoms with Gasteiger partial charge in [-0.2, -0.15) is 0 Å². The average molecular weight is 322 g/mol. The lowest BCUT2D eigenvalue weighted by atomic mass is 9.97. The quantitative estimate of drug-likeness (QED) is 0.423. The second-order valence-corrected chi connectivity index (χ2v) is 6.47. The summed E-state index contributed by atoms with van der Waals surface area (Å²) < 4.78 is 0. The Morgan fingerprint density at radius 1 is 0.957 bits per heavy atom. The van der Waals surface area contributed by atoms with Gasteiger partial charge in [-0.1, -0.05) is 44.3 Å². The minimum absolute atomic E-state index is 0.00868. The van der Waals surface area contributed by atoms with Gasteiger partial charge in [0.25, 0.3) is 0 Å². The molecule has 0 aromatic rings. The summed E-state index contributed by atoms with van der Waals surface area (Å²) in [6.07, 6.45) is 14.7. The summed E-state index contributed by atoms with van der Waals surface area (Å²) in [4.78, 5) is 23.4. The van der Waals surface area contributed by atoms with Gasteiger partial charge in [0.05, 0.1) is 0 Å². The zero-order chi connectivity index (χ0) is 16.8. The summed E-state index contributed by atoms with van der Waals surface area (Å²) in [5, 5.41) is 5.81. The summed E-state index contributed by atoms with van der Waals surface area (Å²) in [5.41, 5.74) is 1.47. The Bertz CT molecular complexity index is 378. The van der Waals surface area contributed by atoms with Crippen LogP contribution in [-0.4, -0.2) is 24.9 Å². The van der Waals surface area contributed by atoms with Crippen molar-refractivity contribution in [3.8, 4) is 0 Å². The molecule has 0 heterocycles. The summed E-state index contributed by atoms with van der Waals surface area (Å²) in [5.74, 6) is -0.0230. The Labute approximate surface area is 141 Å². The van der Waals surface area contributed by atoms with E-state index < -0.39 is 0 Å². The lowest BCUT2D eigenvalue weighted by Gasteiger charge is -2.12. The van der Waals surface area contributed by atoms with Crippen LogP contribution >= 0.6 is 0 Å². The van der Waals surface area contributed by atoms with E-state index in [1.165, 1.54) is 56.9 Å². The fraction of sp³-hybridized carbons (Fsp3) is 0.789. The monoisotopic (exact) mass is 322 g/mol. The van der Waals surface area contributed by atoms with Gasteiger partial charge in [0.15, 0.2) is 0 Å². The normalized spacial score (nSPS) is 14.2. The molecule has 0 aromatic carbocycles. The minimum atomic E-state index is -0.0143. The lowest BCUT2D eigenvalue weighted by molar-refractivity contribution is -0.126. The Morgan fingerprint density at radius 3 is 2.30 bits per heavy atom. The third-order valence-electron chi connectivity index (χ3n) is 4.33. The predicted octanol–water partition coefficient (Wildman–Crippen LogP) is 3.86. The van der Waals surface area contributed by atoms with E-state index in [1.54, 1.807) is 0 Å². The van der Waals surface area contributed by atoms with Gasteiger partial charge in [-0.15, -0.1) is 0 Å². The molecule has 2 N–H and O–H groups in total. The van der Waals surface area contributed by atoms with Crippen LogP contribution in [0.25, 0.3) is 0 Å². The third kappa shape index (κ3) is 10.9. The number of allylic oxidation sites excluding steroid dienone is 1. The molecule has 0 saturated carbocycles. The molecule has 2 amide bonds. The van der Waals surface area contributed by atoms with Gasteiger partial charge < -0.3 is 10.6 Å². The molecule has 0 saturated heterocycles. The smallest absolute Gasteiger partial charge is 0.220 e. The molecule has 0 fully saturated rings. The van der Waals surface area contributed by atoms with E-state index in [4.69, 9.17) is 0 Å². The first-order valence-electron chi connectivity index (χ1n) is 9.43. The standard InChI is InChI=1S/C19H34N2O2/c1-2-3-4-5-9-15-20-18(22)12-13-19(23)21-16-14-17-10-7-6-8-11-17/h10H,2-9,11-16H2,1H3,(H,20,22)(H,21,23). The summed E-state index contributed by atoms with van der Waals surface area (Å²) in [7, 11) is 0. The number of nitrogens with one attached hydrogen (secondary N) is 2. The van der Waals surface area contributed by atoms with Gasteiger partial charge >= 0.3 is 0 Å². The molecule has 0 bridgehead atoms. The number of unbranched alkanes of at least 4 members (excludes halogenated alkanes) is 4. The second-order valence-electron chi connectivity index (χ2n) is 6.47. The summed E-state index contributed by atoms with van der Waals surface area (Å²) in [6.45, 7) is 3.63. The van der Waals surface area contributed by atoms with Crippen molar-refractivity contribution in [3.63, 3.8) is 0 Å². The van der Waals surface area contributed by atoms with E-state index in [9.17, 15) is 9.59 Å². The maximum atomic E-state index is 11.7. The first-order valence-corrected chi connectivity index (χ1v) is 9.43. The zero-order valence-electron chi connectivity index (χ0n) is 14.8. The molecule has 0 radical (unpaired) electrons. The van der Waals surface area contributed by atoms with Crippen LogP contribution in [0, 0.1) is 0 Å². The van der Waals surface area contributed by atoms with Crippen molar-refractivity contribution in [1.82, 2.24) is 10.6 Å². The molecule has 1 aliphatic rings. The largest absolute Gasteiger partial charge is 0.356 e. The van der Waals surface area contributed by atoms with Crippen LogP contribution in [0.15, 0.2) is 11.6 Å². The second kappa shape index (κ2) is 13.1. The molecule has 1 rings (SSSR count). The molecule has 23 heavy (non-hydrogen) atoms. The summed E-state index contributed by atoms with van der Waals surface area (Å²) in [6, 6.07) is 0. The highest BCUT2D eigenvalue weighted by molar-refractivity contribution is 5.83. The van der Waals surface area contributed by atoms with Gasteiger partial charge in [0.2, 0.25) is 11.8 Å². The third-order valence-corrected chi connectivity index (χ3v) is 4.33. The Hall–Kier alpha value is -1.32. The zero-order valence-corrected chi connectivity index (χ0v) is 14.8. The summed E-state index contributed by atoms with van der Waals surface area (Å²) >= 11 is 0. The molecule has 4 heteroatoms. The highest BCUT2D eigenvalue weighted by Crippen LogP contribution is 2.19. The Morgan fingerprint density at radius 2 is 1.65 bits per heavy atom. The number of hydrogen-bond donors (Lipinski definition) is 2. The van der Waals surface area contributed by atoms with Crippen LogP contribution < -0.4 is 10.6 Å². The van der Waals surface area contributed by atoms with E-state index in [1.807, 2.05) is 0 Å². The number of rotatable bonds is 12. The van der Waals surface area contributed by atoms with E-state index in [0.29, 0.717) is 19.4 Å². The molecule has 0 aromatic heterocycles. The van der Waals surface area contributed by atoms with Crippen LogP contribution in [0.4, 0.5) is 0 Å². The average Bonchev–Trinajstić information content (AvgIpc) is 2.57. The first kappa shape index (κ1) is 19.7. The molecule has 132 valence electrons. The number of carbonyl (C=O) groups excluding carboxylic acids is 2. The van der Waals surface area contributed by atoms with Crippen molar-refractivity contribution in [2.75, 3.05) is 13.1 Å². The van der Waals surface area contributed by atoms with Crippen LogP contribution in [0.3, 0.4) is 0 Å². The predicted molar refractivity (Wildman–Crippen MR) is 95.2 cm³/mol. The van der Waals surface area contributed by atoms with Crippen molar-refractivity contribution >= 4 is 11.8 Å². The van der Waals surface area contributed by atoms with Crippen molar-refractivity contribution < 1.29 is 9.59 Å². The lowest BCUT2D eigenvalue weighted by Crippen LogP contribution is -2.29. The van der Waals surface area contributed by atoms with Crippen molar-refractivity contribution in [3.05, 3.63) is 11.6 Å². The minimum Gasteiger partial charge on any atom is -0.356 e. The molecule has 0 aliphatic heterocycles. The molecule has 0 atom stereocenters. The first-order chi connectivity index (χ1) is 11.2. The SMILES string of the molecule is CCCCCCCNC(=O)CCC(=O)NCCC1=CCCCC1. The maximum Gasteiger partial charge on any atom is 0.220 e. The van der Waals surface area contributed by atoms with E-state index in [-0.39, 0.29) is 11.8 Å². The number of carbonyl (C=O) groups is 2. The van der Waals surface area contributed by atoms with Crippen LogP contribution in [0.5, 0.6) is 0 Å². The van der Waals surface area contributed by atoms with E-state index in [2.05, 4.69) is 23.6 Å². The molecule has 0 spiro atoms. The van der Waals surface area contributed by atoms with Gasteiger partial charge in [-0.05, 0) is 38.5 Å². The molecular formula is C19H34N2O2. The molecule has 4 nitrogen and oxygen atoms in total. The van der Waals surface area contributed by atoms with Crippen LogP contribution in [0.2, 0.25) is 0 Å². The molecular weight excluding hydrogens is 288 g/mol. The van der Waals surface area contributed by atoms with Gasteiger partial charge in [-0.3, -0.25) is 9.59 Å². The fourth-order valence-corrected chi connectivity index (χ4v) is 2.85. The highest BCUT2D eigenvalue weighted by Gasteiger charge is 2.07. The fourth-order valence-electron chi connectivity index (χ4n) is 2.85. The maximum absolute atomic E-state index is 11.7. The number of hydrogen-bond acceptors (Lipinski definition) is 2. The molecule has 0 unspecified atom stereocenters. The van der Waals surface area contributed by atoms with E-state index in [0.717, 1.165) is 19.4 Å². The molecule has 1 aliphatic carbocycles. The van der Waals surface area contributed by atoms with Crippen LogP contribution in [0.1, 0.15) is 84.0 Å². The highest BCUT2D eigenvalue weighted by atomic mass is 16.2.